The van der Waals surface area contributed by atoms with Crippen LogP contribution in [0, 0.1) is 5.82 Å². The van der Waals surface area contributed by atoms with Crippen LogP contribution >= 0.6 is 0 Å². The van der Waals surface area contributed by atoms with Gasteiger partial charge in [0.15, 0.2) is 5.78 Å². The van der Waals surface area contributed by atoms with Gasteiger partial charge in [-0.3, -0.25) is 4.79 Å². The molecule has 0 amide bonds. The lowest BCUT2D eigenvalue weighted by Crippen LogP contribution is -1.99. The van der Waals surface area contributed by atoms with Crippen molar-refractivity contribution < 1.29 is 9.18 Å². The summed E-state index contributed by atoms with van der Waals surface area (Å²) in [5.74, 6) is -0.324. The molecule has 0 heterocycles. The van der Waals surface area contributed by atoms with Gasteiger partial charge in [0, 0.05) is 12.0 Å². The van der Waals surface area contributed by atoms with Crippen LogP contribution in [-0.4, -0.2) is 5.78 Å². The summed E-state index contributed by atoms with van der Waals surface area (Å²) in [7, 11) is 0. The van der Waals surface area contributed by atoms with Crippen LogP contribution in [0.2, 0.25) is 0 Å². The van der Waals surface area contributed by atoms with Crippen molar-refractivity contribution in [3.63, 3.8) is 0 Å². The fraction of sp³-hybridized carbons (Fsp3) is 0.357. The minimum absolute atomic E-state index is 0.0260. The van der Waals surface area contributed by atoms with E-state index in [0.29, 0.717) is 12.0 Å². The van der Waals surface area contributed by atoms with Gasteiger partial charge in [-0.25, -0.2) is 4.39 Å². The van der Waals surface area contributed by atoms with Crippen molar-refractivity contribution >= 4 is 5.78 Å². The highest BCUT2D eigenvalue weighted by Crippen LogP contribution is 2.10. The van der Waals surface area contributed by atoms with Crippen molar-refractivity contribution in [1.29, 1.82) is 0 Å². The van der Waals surface area contributed by atoms with Gasteiger partial charge in [0.2, 0.25) is 0 Å². The maximum atomic E-state index is 12.9. The second-order valence-electron chi connectivity index (χ2n) is 3.82. The molecule has 0 saturated heterocycles. The average molecular weight is 220 g/mol. The molecule has 0 N–H and O–H groups in total. The van der Waals surface area contributed by atoms with E-state index in [2.05, 4.69) is 6.58 Å². The van der Waals surface area contributed by atoms with Crippen molar-refractivity contribution in [3.05, 3.63) is 48.3 Å². The lowest BCUT2D eigenvalue weighted by molar-refractivity contribution is 0.0979. The van der Waals surface area contributed by atoms with E-state index in [0.717, 1.165) is 25.7 Å². The summed E-state index contributed by atoms with van der Waals surface area (Å²) in [6.07, 6.45) is 6.33. The summed E-state index contributed by atoms with van der Waals surface area (Å²) >= 11 is 0. The Kier molecular flexibility index (Phi) is 5.48. The normalized spacial score (nSPS) is 10.1. The lowest BCUT2D eigenvalue weighted by atomic mass is 10.0. The fourth-order valence-corrected chi connectivity index (χ4v) is 1.56. The molecule has 0 atom stereocenters. The van der Waals surface area contributed by atoms with Gasteiger partial charge < -0.3 is 0 Å². The molecule has 0 bridgehead atoms. The van der Waals surface area contributed by atoms with Crippen molar-refractivity contribution in [2.24, 2.45) is 0 Å². The smallest absolute Gasteiger partial charge is 0.162 e. The first-order chi connectivity index (χ1) is 7.74. The van der Waals surface area contributed by atoms with Crippen LogP contribution in [0.15, 0.2) is 36.9 Å². The first-order valence-corrected chi connectivity index (χ1v) is 5.63. The van der Waals surface area contributed by atoms with Crippen LogP contribution in [0.5, 0.6) is 0 Å². The first-order valence-electron chi connectivity index (χ1n) is 5.63. The van der Waals surface area contributed by atoms with E-state index in [1.807, 2.05) is 6.08 Å². The number of carbonyl (C=O) groups excluding carboxylic acids is 1. The molecule has 1 aromatic rings. The van der Waals surface area contributed by atoms with E-state index < -0.39 is 0 Å². The molecule has 0 aliphatic heterocycles. The number of benzene rings is 1. The van der Waals surface area contributed by atoms with E-state index >= 15 is 0 Å². The number of allylic oxidation sites excluding steroid dienone is 1. The van der Waals surface area contributed by atoms with Crippen molar-refractivity contribution in [3.8, 4) is 0 Å². The third-order valence-corrected chi connectivity index (χ3v) is 2.46. The van der Waals surface area contributed by atoms with Gasteiger partial charge >= 0.3 is 0 Å². The molecule has 0 fully saturated rings. The highest BCUT2D eigenvalue weighted by Gasteiger charge is 2.05. The molecule has 0 aliphatic rings. The van der Waals surface area contributed by atoms with Gasteiger partial charge in [-0.1, -0.05) is 24.6 Å². The van der Waals surface area contributed by atoms with Gasteiger partial charge in [0.1, 0.15) is 5.82 Å². The number of unbranched alkanes of at least 4 members (excludes halogenated alkanes) is 3. The third-order valence-electron chi connectivity index (χ3n) is 2.46. The molecule has 0 unspecified atom stereocenters. The monoisotopic (exact) mass is 220 g/mol. The minimum Gasteiger partial charge on any atom is -0.294 e. The van der Waals surface area contributed by atoms with Crippen LogP contribution in [0.1, 0.15) is 42.5 Å². The van der Waals surface area contributed by atoms with E-state index in [4.69, 9.17) is 0 Å². The maximum Gasteiger partial charge on any atom is 0.162 e. The number of carbonyl (C=O) groups is 1. The SMILES string of the molecule is C=CCCCCCC(=O)c1cccc(F)c1. The molecule has 0 radical (unpaired) electrons. The van der Waals surface area contributed by atoms with Gasteiger partial charge in [0.25, 0.3) is 0 Å². The number of hydrogen-bond acceptors (Lipinski definition) is 1. The number of Topliss-reactive ketones (excluding diaryl/α,β-unsaturated/α-hetero) is 1. The molecular weight excluding hydrogens is 203 g/mol. The molecule has 0 saturated carbocycles. The highest BCUT2D eigenvalue weighted by molar-refractivity contribution is 5.95. The van der Waals surface area contributed by atoms with Crippen LogP contribution in [0.25, 0.3) is 0 Å². The topological polar surface area (TPSA) is 17.1 Å². The van der Waals surface area contributed by atoms with E-state index in [9.17, 15) is 9.18 Å². The largest absolute Gasteiger partial charge is 0.294 e. The minimum atomic E-state index is -0.350. The molecule has 0 aromatic heterocycles. The standard InChI is InChI=1S/C14H17FO/c1-2-3-4-5-6-10-14(16)12-8-7-9-13(15)11-12/h2,7-9,11H,1,3-6,10H2. The Labute approximate surface area is 96.0 Å². The summed E-state index contributed by atoms with van der Waals surface area (Å²) in [5, 5.41) is 0. The Hall–Kier alpha value is -1.44. The maximum absolute atomic E-state index is 12.9. The zero-order chi connectivity index (χ0) is 11.8. The molecule has 2 heteroatoms. The molecular formula is C14H17FO. The summed E-state index contributed by atoms with van der Waals surface area (Å²) in [6, 6.07) is 5.88. The number of rotatable bonds is 7. The second kappa shape index (κ2) is 6.94. The molecule has 16 heavy (non-hydrogen) atoms. The Balaban J connectivity index is 2.32. The van der Waals surface area contributed by atoms with Crippen LogP contribution in [-0.2, 0) is 0 Å². The van der Waals surface area contributed by atoms with Crippen LogP contribution < -0.4 is 0 Å². The summed E-state index contributed by atoms with van der Waals surface area (Å²) in [4.78, 5) is 11.6. The van der Waals surface area contributed by atoms with Gasteiger partial charge in [-0.2, -0.15) is 0 Å². The molecule has 1 nitrogen and oxygen atoms in total. The number of ketones is 1. The van der Waals surface area contributed by atoms with Gasteiger partial charge in [0.05, 0.1) is 0 Å². The molecule has 0 aliphatic carbocycles. The Morgan fingerprint density at radius 1 is 1.31 bits per heavy atom. The lowest BCUT2D eigenvalue weighted by Gasteiger charge is -2.01. The van der Waals surface area contributed by atoms with Crippen molar-refractivity contribution in [1.82, 2.24) is 0 Å². The van der Waals surface area contributed by atoms with Gasteiger partial charge in [-0.05, 0) is 31.4 Å². The first kappa shape index (κ1) is 12.6. The Morgan fingerprint density at radius 2 is 2.12 bits per heavy atom. The summed E-state index contributed by atoms with van der Waals surface area (Å²) < 4.78 is 12.9. The number of halogens is 1. The van der Waals surface area contributed by atoms with Crippen molar-refractivity contribution in [2.45, 2.75) is 32.1 Å². The van der Waals surface area contributed by atoms with E-state index in [-0.39, 0.29) is 11.6 Å². The van der Waals surface area contributed by atoms with Crippen LogP contribution in [0.4, 0.5) is 4.39 Å². The fourth-order valence-electron chi connectivity index (χ4n) is 1.56. The molecule has 1 rings (SSSR count). The third kappa shape index (κ3) is 4.39. The van der Waals surface area contributed by atoms with Gasteiger partial charge in [-0.15, -0.1) is 6.58 Å². The zero-order valence-electron chi connectivity index (χ0n) is 9.42. The van der Waals surface area contributed by atoms with E-state index in [1.54, 1.807) is 12.1 Å². The quantitative estimate of drug-likeness (QED) is 0.383. The predicted octanol–water partition coefficient (Wildman–Crippen LogP) is 4.14. The zero-order valence-corrected chi connectivity index (χ0v) is 9.42. The number of hydrogen-bond donors (Lipinski definition) is 0. The molecule has 1 aromatic carbocycles. The van der Waals surface area contributed by atoms with Crippen LogP contribution in [0.3, 0.4) is 0 Å². The molecule has 0 spiro atoms. The Morgan fingerprint density at radius 3 is 2.81 bits per heavy atom. The summed E-state index contributed by atoms with van der Waals surface area (Å²) in [6.45, 7) is 3.64. The summed E-state index contributed by atoms with van der Waals surface area (Å²) in [5.41, 5.74) is 0.476. The predicted molar refractivity (Wildman–Crippen MR) is 64.0 cm³/mol. The second-order valence-corrected chi connectivity index (χ2v) is 3.82. The average Bonchev–Trinajstić information content (AvgIpc) is 2.28. The Bertz CT molecular complexity index is 358. The molecule has 86 valence electrons. The van der Waals surface area contributed by atoms with Crippen molar-refractivity contribution in [2.75, 3.05) is 0 Å². The van der Waals surface area contributed by atoms with E-state index in [1.165, 1.54) is 12.1 Å². The highest BCUT2D eigenvalue weighted by atomic mass is 19.1.